The van der Waals surface area contributed by atoms with Gasteiger partial charge in [-0.25, -0.2) is 9.59 Å². The van der Waals surface area contributed by atoms with Crippen LogP contribution in [0.2, 0.25) is 0 Å². The molecule has 9 nitrogen and oxygen atoms in total. The number of ether oxygens (including phenoxy) is 2. The molecule has 0 radical (unpaired) electrons. The van der Waals surface area contributed by atoms with Crippen molar-refractivity contribution in [2.24, 2.45) is 0 Å². The van der Waals surface area contributed by atoms with Gasteiger partial charge in [-0.05, 0) is 57.9 Å². The molecule has 2 heterocycles. The number of aromatic amines is 2. The molecule has 0 spiro atoms. The van der Waals surface area contributed by atoms with Gasteiger partial charge in [-0.2, -0.15) is 13.2 Å². The van der Waals surface area contributed by atoms with Gasteiger partial charge in [0.1, 0.15) is 29.5 Å². The maximum Gasteiger partial charge on any atom is 0.430 e. The standard InChI is InChI=1S/C23H29N3O4.C2HF3O2/c1-6-14-19(21(27)29-7-2)18(26-20(14)22(28)30-23(3,4)5)13-25-17-10-8-9-16-15(17)11-12-24-16;3-2(4,5)1(6)7/h8-12,24-26H,6-7,13H2,1-5H3;(H,6,7). The van der Waals surface area contributed by atoms with Crippen LogP contribution in [0.15, 0.2) is 30.5 Å². The first-order valence-corrected chi connectivity index (χ1v) is 11.5. The number of nitrogens with one attached hydrogen (secondary N) is 2. The average Bonchev–Trinajstić information content (AvgIpc) is 3.41. The van der Waals surface area contributed by atoms with Crippen LogP contribution in [-0.2, 0) is 27.2 Å². The van der Waals surface area contributed by atoms with Crippen molar-refractivity contribution in [1.29, 1.82) is 0 Å². The average molecular weight is 526 g/mol. The molecule has 0 aliphatic carbocycles. The van der Waals surface area contributed by atoms with Crippen molar-refractivity contribution in [3.63, 3.8) is 0 Å². The maximum atomic E-state index is 12.8. The molecule has 0 bridgehead atoms. The van der Waals surface area contributed by atoms with E-state index in [9.17, 15) is 22.8 Å². The number of carbonyl (C=O) groups excluding carboxylic acids is 3. The van der Waals surface area contributed by atoms with Crippen molar-refractivity contribution < 1.29 is 47.5 Å². The fourth-order valence-electron chi connectivity index (χ4n) is 3.56. The zero-order chi connectivity index (χ0) is 28.0. The van der Waals surface area contributed by atoms with Crippen LogP contribution in [0, 0.1) is 0 Å². The highest BCUT2D eigenvalue weighted by molar-refractivity contribution is 5.99. The topological polar surface area (TPSA) is 141 Å². The highest BCUT2D eigenvalue weighted by Gasteiger charge is 2.30. The van der Waals surface area contributed by atoms with E-state index in [2.05, 4.69) is 9.97 Å². The molecule has 0 aliphatic heterocycles. The first kappa shape index (κ1) is 29.4. The van der Waals surface area contributed by atoms with E-state index in [1.54, 1.807) is 6.92 Å². The van der Waals surface area contributed by atoms with Gasteiger partial charge < -0.3 is 34.7 Å². The van der Waals surface area contributed by atoms with Crippen molar-refractivity contribution in [2.75, 3.05) is 6.61 Å². The lowest BCUT2D eigenvalue weighted by atomic mass is 10.1. The summed E-state index contributed by atoms with van der Waals surface area (Å²) < 4.78 is 42.4. The smallest absolute Gasteiger partial charge is 0.430 e. The van der Waals surface area contributed by atoms with Crippen LogP contribution in [-0.4, -0.2) is 46.3 Å². The minimum atomic E-state index is -5.19. The van der Waals surface area contributed by atoms with Gasteiger partial charge in [0.25, 0.3) is 0 Å². The Kier molecular flexibility index (Phi) is 9.51. The van der Waals surface area contributed by atoms with Crippen LogP contribution in [0.25, 0.3) is 10.9 Å². The summed E-state index contributed by atoms with van der Waals surface area (Å²) in [4.78, 5) is 40.7. The second kappa shape index (κ2) is 12.0. The normalized spacial score (nSPS) is 11.6. The molecule has 3 rings (SSSR count). The molecule has 0 saturated heterocycles. The number of carboxylic acids is 1. The first-order valence-electron chi connectivity index (χ1n) is 11.5. The largest absolute Gasteiger partial charge is 0.542 e. The third-order valence-corrected chi connectivity index (χ3v) is 5.00. The van der Waals surface area contributed by atoms with Crippen molar-refractivity contribution in [2.45, 2.75) is 59.4 Å². The van der Waals surface area contributed by atoms with Crippen molar-refractivity contribution in [3.8, 4) is 0 Å². The molecule has 37 heavy (non-hydrogen) atoms. The number of halogens is 3. The summed E-state index contributed by atoms with van der Waals surface area (Å²) in [7, 11) is 0. The molecule has 0 aliphatic rings. The summed E-state index contributed by atoms with van der Waals surface area (Å²) in [6.45, 7) is 9.85. The van der Waals surface area contributed by atoms with Crippen LogP contribution in [0.3, 0.4) is 0 Å². The number of alkyl halides is 3. The number of hydrogen-bond acceptors (Lipinski definition) is 6. The Labute approximate surface area is 211 Å². The summed E-state index contributed by atoms with van der Waals surface area (Å²) in [5.74, 6) is -3.90. The number of hydrogen-bond donors (Lipinski definition) is 3. The Balaban J connectivity index is 0.000000604. The van der Waals surface area contributed by atoms with Crippen molar-refractivity contribution >= 4 is 34.5 Å². The van der Waals surface area contributed by atoms with Crippen LogP contribution in [0.4, 0.5) is 18.9 Å². The summed E-state index contributed by atoms with van der Waals surface area (Å²) in [6.07, 6.45) is -2.79. The molecule has 202 valence electrons. The summed E-state index contributed by atoms with van der Waals surface area (Å²) in [5, 5.41) is 11.9. The van der Waals surface area contributed by atoms with Gasteiger partial charge in [-0.15, -0.1) is 0 Å². The molecular formula is C25H30F3N3O6. The fourth-order valence-corrected chi connectivity index (χ4v) is 3.56. The number of aromatic nitrogens is 2. The molecule has 1 aromatic carbocycles. The van der Waals surface area contributed by atoms with Gasteiger partial charge in [-0.1, -0.05) is 13.0 Å². The lowest BCUT2D eigenvalue weighted by Crippen LogP contribution is -2.76. The zero-order valence-corrected chi connectivity index (χ0v) is 21.2. The monoisotopic (exact) mass is 525 g/mol. The second-order valence-corrected chi connectivity index (χ2v) is 8.89. The van der Waals surface area contributed by atoms with Crippen molar-refractivity contribution in [3.05, 3.63) is 53.0 Å². The van der Waals surface area contributed by atoms with Gasteiger partial charge in [0.05, 0.1) is 28.8 Å². The van der Waals surface area contributed by atoms with Crippen molar-refractivity contribution in [1.82, 2.24) is 9.97 Å². The highest BCUT2D eigenvalue weighted by Crippen LogP contribution is 2.24. The predicted octanol–water partition coefficient (Wildman–Crippen LogP) is 2.88. The second-order valence-electron chi connectivity index (χ2n) is 8.89. The minimum absolute atomic E-state index is 0.265. The van der Waals surface area contributed by atoms with Gasteiger partial charge in [-0.3, -0.25) is 0 Å². The SMILES string of the molecule is CCOC(=O)c1c(C[NH2+]c2cccc3[nH]ccc23)[nH]c(C(=O)OC(C)(C)C)c1CC.O=C([O-])C(F)(F)F. The highest BCUT2D eigenvalue weighted by atomic mass is 19.4. The number of carboxylic acid groups (broad SMARTS) is 1. The van der Waals surface area contributed by atoms with Gasteiger partial charge in [0, 0.05) is 6.20 Å². The Hall–Kier alpha value is -3.80. The Morgan fingerprint density at radius 1 is 1.05 bits per heavy atom. The van der Waals surface area contributed by atoms with E-state index in [-0.39, 0.29) is 6.61 Å². The first-order chi connectivity index (χ1) is 17.2. The van der Waals surface area contributed by atoms with E-state index < -0.39 is 29.7 Å². The fraction of sp³-hybridized carbons (Fsp3) is 0.400. The van der Waals surface area contributed by atoms with Crippen LogP contribution < -0.4 is 10.4 Å². The molecule has 0 atom stereocenters. The number of benzene rings is 1. The molecule has 0 fully saturated rings. The molecular weight excluding hydrogens is 495 g/mol. The van der Waals surface area contributed by atoms with Gasteiger partial charge in [0.15, 0.2) is 0 Å². The van der Waals surface area contributed by atoms with E-state index in [4.69, 9.17) is 19.4 Å². The predicted molar refractivity (Wildman–Crippen MR) is 126 cm³/mol. The third-order valence-electron chi connectivity index (χ3n) is 5.00. The lowest BCUT2D eigenvalue weighted by molar-refractivity contribution is -0.587. The number of esters is 2. The summed E-state index contributed by atoms with van der Waals surface area (Å²) >= 11 is 0. The van der Waals surface area contributed by atoms with E-state index in [1.165, 1.54) is 0 Å². The minimum Gasteiger partial charge on any atom is -0.542 e. The molecule has 4 N–H and O–H groups in total. The number of H-pyrrole nitrogens is 2. The third kappa shape index (κ3) is 7.84. The van der Waals surface area contributed by atoms with Crippen LogP contribution in [0.5, 0.6) is 0 Å². The van der Waals surface area contributed by atoms with E-state index in [1.807, 2.05) is 63.5 Å². The molecule has 3 aromatic rings. The Bertz CT molecular complexity index is 1250. The number of carbonyl (C=O) groups is 3. The number of aliphatic carboxylic acids is 1. The quantitative estimate of drug-likeness (QED) is 0.320. The van der Waals surface area contributed by atoms with Crippen LogP contribution >= 0.6 is 0 Å². The number of quaternary nitrogens is 1. The molecule has 2 aromatic heterocycles. The molecule has 0 amide bonds. The number of rotatable bonds is 7. The van der Waals surface area contributed by atoms with Gasteiger partial charge >= 0.3 is 18.1 Å². The van der Waals surface area contributed by atoms with Crippen LogP contribution in [0.1, 0.15) is 66.7 Å². The lowest BCUT2D eigenvalue weighted by Gasteiger charge is -2.19. The molecule has 0 saturated carbocycles. The number of fused-ring (bicyclic) bond motifs is 1. The van der Waals surface area contributed by atoms with E-state index in [0.29, 0.717) is 35.5 Å². The Morgan fingerprint density at radius 2 is 1.70 bits per heavy atom. The van der Waals surface area contributed by atoms with E-state index >= 15 is 0 Å². The zero-order valence-electron chi connectivity index (χ0n) is 21.2. The van der Waals surface area contributed by atoms with E-state index in [0.717, 1.165) is 16.6 Å². The van der Waals surface area contributed by atoms with Gasteiger partial charge in [0.2, 0.25) is 0 Å². The molecule has 0 unspecified atom stereocenters. The summed E-state index contributed by atoms with van der Waals surface area (Å²) in [5.41, 5.74) is 3.49. The number of nitrogens with two attached hydrogens (primary N) is 1. The molecule has 12 heteroatoms. The maximum absolute atomic E-state index is 12.8. The Morgan fingerprint density at radius 3 is 2.24 bits per heavy atom. The summed E-state index contributed by atoms with van der Waals surface area (Å²) in [6, 6.07) is 8.04.